The average Bonchev–Trinajstić information content (AvgIpc) is 2.76. The highest BCUT2D eigenvalue weighted by molar-refractivity contribution is 5.21. The molecule has 0 radical (unpaired) electrons. The predicted molar refractivity (Wildman–Crippen MR) is 76.4 cm³/mol. The fraction of sp³-hybridized carbons (Fsp3) is 0.467. The van der Waals surface area contributed by atoms with E-state index in [0.29, 0.717) is 6.54 Å². The first kappa shape index (κ1) is 14.7. The van der Waals surface area contributed by atoms with E-state index in [2.05, 4.69) is 36.4 Å². The van der Waals surface area contributed by atoms with Gasteiger partial charge in [0, 0.05) is 19.6 Å². The zero-order valence-electron chi connectivity index (χ0n) is 12.4. The Kier molecular flexibility index (Phi) is 4.18. The molecule has 20 heavy (non-hydrogen) atoms. The molecule has 1 atom stereocenters. The molecule has 4 nitrogen and oxygen atoms in total. The van der Waals surface area contributed by atoms with Gasteiger partial charge in [-0.1, -0.05) is 38.1 Å². The van der Waals surface area contributed by atoms with Crippen LogP contribution in [0.4, 0.5) is 4.39 Å². The molecule has 108 valence electrons. The normalized spacial score (nSPS) is 13.4. The molecule has 0 aliphatic carbocycles. The van der Waals surface area contributed by atoms with E-state index in [9.17, 15) is 4.39 Å². The Hall–Kier alpha value is -1.75. The number of benzene rings is 1. The maximum atomic E-state index is 13.1. The maximum Gasteiger partial charge on any atom is 0.123 e. The SMILES string of the molecule is Cn1nncc1CNC(c1ccc(F)cc1)C(C)(C)C. The second kappa shape index (κ2) is 5.71. The number of aryl methyl sites for hydroxylation is 1. The summed E-state index contributed by atoms with van der Waals surface area (Å²) in [6.07, 6.45) is 1.75. The predicted octanol–water partition coefficient (Wildman–Crippen LogP) is 2.83. The minimum absolute atomic E-state index is 0.0177. The van der Waals surface area contributed by atoms with Gasteiger partial charge in [-0.15, -0.1) is 5.10 Å². The summed E-state index contributed by atoms with van der Waals surface area (Å²) >= 11 is 0. The first-order valence-corrected chi connectivity index (χ1v) is 6.70. The van der Waals surface area contributed by atoms with E-state index in [1.54, 1.807) is 10.9 Å². The van der Waals surface area contributed by atoms with Crippen molar-refractivity contribution >= 4 is 0 Å². The molecule has 1 N–H and O–H groups in total. The molecule has 0 bridgehead atoms. The van der Waals surface area contributed by atoms with Gasteiger partial charge in [0.15, 0.2) is 0 Å². The minimum atomic E-state index is -0.211. The minimum Gasteiger partial charge on any atom is -0.304 e. The van der Waals surface area contributed by atoms with Crippen LogP contribution in [0.2, 0.25) is 0 Å². The lowest BCUT2D eigenvalue weighted by molar-refractivity contribution is 0.269. The molecule has 5 heteroatoms. The molecular weight excluding hydrogens is 255 g/mol. The molecule has 0 aliphatic heterocycles. The Bertz CT molecular complexity index is 554. The van der Waals surface area contributed by atoms with E-state index < -0.39 is 0 Å². The lowest BCUT2D eigenvalue weighted by atomic mass is 9.82. The van der Waals surface area contributed by atoms with Crippen LogP contribution in [0.15, 0.2) is 30.5 Å². The highest BCUT2D eigenvalue weighted by atomic mass is 19.1. The van der Waals surface area contributed by atoms with Gasteiger partial charge >= 0.3 is 0 Å². The Morgan fingerprint density at radius 2 is 1.90 bits per heavy atom. The number of nitrogens with zero attached hydrogens (tertiary/aromatic N) is 3. The lowest BCUT2D eigenvalue weighted by Crippen LogP contribution is -2.32. The number of hydrogen-bond donors (Lipinski definition) is 1. The highest BCUT2D eigenvalue weighted by Crippen LogP contribution is 2.33. The van der Waals surface area contributed by atoms with Gasteiger partial charge in [-0.25, -0.2) is 4.39 Å². The van der Waals surface area contributed by atoms with E-state index in [1.807, 2.05) is 19.2 Å². The summed E-state index contributed by atoms with van der Waals surface area (Å²) in [6, 6.07) is 6.79. The molecule has 0 spiro atoms. The molecule has 1 unspecified atom stereocenters. The monoisotopic (exact) mass is 276 g/mol. The van der Waals surface area contributed by atoms with E-state index in [0.717, 1.165) is 11.3 Å². The summed E-state index contributed by atoms with van der Waals surface area (Å²) in [5.74, 6) is -0.211. The molecule has 2 rings (SSSR count). The maximum absolute atomic E-state index is 13.1. The quantitative estimate of drug-likeness (QED) is 0.933. The van der Waals surface area contributed by atoms with E-state index in [1.165, 1.54) is 12.1 Å². The van der Waals surface area contributed by atoms with Crippen LogP contribution in [0.25, 0.3) is 0 Å². The number of hydrogen-bond acceptors (Lipinski definition) is 3. The van der Waals surface area contributed by atoms with Crippen LogP contribution in [0, 0.1) is 11.2 Å². The van der Waals surface area contributed by atoms with Crippen LogP contribution in [0.3, 0.4) is 0 Å². The molecule has 0 saturated heterocycles. The van der Waals surface area contributed by atoms with E-state index >= 15 is 0 Å². The molecule has 1 aromatic carbocycles. The first-order chi connectivity index (χ1) is 9.38. The number of nitrogens with one attached hydrogen (secondary N) is 1. The van der Waals surface area contributed by atoms with Gasteiger partial charge in [0.2, 0.25) is 0 Å². The Morgan fingerprint density at radius 3 is 2.40 bits per heavy atom. The summed E-state index contributed by atoms with van der Waals surface area (Å²) in [7, 11) is 1.87. The van der Waals surface area contributed by atoms with Crippen molar-refractivity contribution in [2.24, 2.45) is 12.5 Å². The fourth-order valence-corrected chi connectivity index (χ4v) is 2.26. The smallest absolute Gasteiger partial charge is 0.123 e. The zero-order chi connectivity index (χ0) is 14.8. The molecule has 0 fully saturated rings. The molecule has 1 heterocycles. The van der Waals surface area contributed by atoms with Crippen LogP contribution in [-0.4, -0.2) is 15.0 Å². The second-order valence-electron chi connectivity index (χ2n) is 6.08. The summed E-state index contributed by atoms with van der Waals surface area (Å²) in [5, 5.41) is 11.3. The van der Waals surface area contributed by atoms with E-state index in [-0.39, 0.29) is 17.3 Å². The summed E-state index contributed by atoms with van der Waals surface area (Å²) in [4.78, 5) is 0. The third kappa shape index (κ3) is 3.42. The van der Waals surface area contributed by atoms with Crippen molar-refractivity contribution in [3.8, 4) is 0 Å². The number of halogens is 1. The van der Waals surface area contributed by atoms with Crippen molar-refractivity contribution < 1.29 is 4.39 Å². The van der Waals surface area contributed by atoms with E-state index in [4.69, 9.17) is 0 Å². The van der Waals surface area contributed by atoms with Gasteiger partial charge in [-0.05, 0) is 23.1 Å². The van der Waals surface area contributed by atoms with Gasteiger partial charge in [-0.3, -0.25) is 4.68 Å². The van der Waals surface area contributed by atoms with Gasteiger partial charge < -0.3 is 5.32 Å². The van der Waals surface area contributed by atoms with Crippen molar-refractivity contribution in [2.45, 2.75) is 33.4 Å². The van der Waals surface area contributed by atoms with Gasteiger partial charge in [0.25, 0.3) is 0 Å². The van der Waals surface area contributed by atoms with Gasteiger partial charge in [0.1, 0.15) is 5.82 Å². The second-order valence-corrected chi connectivity index (χ2v) is 6.08. The van der Waals surface area contributed by atoms with Crippen LogP contribution in [0.5, 0.6) is 0 Å². The molecule has 0 aliphatic rings. The van der Waals surface area contributed by atoms with Crippen molar-refractivity contribution in [1.82, 2.24) is 20.3 Å². The molecular formula is C15H21FN4. The standard InChI is InChI=1S/C15H21FN4/c1-15(2,3)14(11-5-7-12(16)8-6-11)17-9-13-10-18-19-20(13)4/h5-8,10,14,17H,9H2,1-4H3. The largest absolute Gasteiger partial charge is 0.304 e. The topological polar surface area (TPSA) is 42.7 Å². The average molecular weight is 276 g/mol. The molecule has 0 amide bonds. The number of rotatable bonds is 4. The van der Waals surface area contributed by atoms with Crippen LogP contribution >= 0.6 is 0 Å². The first-order valence-electron chi connectivity index (χ1n) is 6.70. The number of aromatic nitrogens is 3. The summed E-state index contributed by atoms with van der Waals surface area (Å²) < 4.78 is 14.8. The third-order valence-electron chi connectivity index (χ3n) is 3.36. The van der Waals surface area contributed by atoms with Crippen LogP contribution in [-0.2, 0) is 13.6 Å². The van der Waals surface area contributed by atoms with Gasteiger partial charge in [-0.2, -0.15) is 0 Å². The fourth-order valence-electron chi connectivity index (χ4n) is 2.26. The van der Waals surface area contributed by atoms with Gasteiger partial charge in [0.05, 0.1) is 11.9 Å². The highest BCUT2D eigenvalue weighted by Gasteiger charge is 2.26. The summed E-state index contributed by atoms with van der Waals surface area (Å²) in [5.41, 5.74) is 2.11. The van der Waals surface area contributed by atoms with Crippen molar-refractivity contribution in [1.29, 1.82) is 0 Å². The van der Waals surface area contributed by atoms with Crippen LogP contribution < -0.4 is 5.32 Å². The van der Waals surface area contributed by atoms with Crippen molar-refractivity contribution in [3.05, 3.63) is 47.5 Å². The van der Waals surface area contributed by atoms with Crippen molar-refractivity contribution in [3.63, 3.8) is 0 Å². The lowest BCUT2D eigenvalue weighted by Gasteiger charge is -2.32. The summed E-state index contributed by atoms with van der Waals surface area (Å²) in [6.45, 7) is 7.16. The Labute approximate surface area is 119 Å². The zero-order valence-corrected chi connectivity index (χ0v) is 12.4. The molecule has 2 aromatic rings. The molecule has 0 saturated carbocycles. The van der Waals surface area contributed by atoms with Crippen LogP contribution in [0.1, 0.15) is 38.1 Å². The molecule has 1 aromatic heterocycles. The Balaban J connectivity index is 2.16. The third-order valence-corrected chi connectivity index (χ3v) is 3.36. The van der Waals surface area contributed by atoms with Crippen molar-refractivity contribution in [2.75, 3.05) is 0 Å². The Morgan fingerprint density at radius 1 is 1.25 bits per heavy atom.